The Labute approximate surface area is 156 Å². The Morgan fingerprint density at radius 2 is 2.12 bits per heavy atom. The second kappa shape index (κ2) is 8.56. The number of aliphatic imine (C=N–C) groups is 1. The van der Waals surface area contributed by atoms with Crippen LogP contribution >= 0.6 is 0 Å². The quantitative estimate of drug-likeness (QED) is 0.576. The van der Waals surface area contributed by atoms with Crippen LogP contribution in [0.1, 0.15) is 71.4 Å². The van der Waals surface area contributed by atoms with Crippen LogP contribution in [0.15, 0.2) is 17.1 Å². The van der Waals surface area contributed by atoms with Crippen LogP contribution < -0.4 is 4.74 Å². The van der Waals surface area contributed by atoms with E-state index in [1.165, 1.54) is 13.3 Å². The molecule has 0 fully saturated rings. The number of hydrogen-bond donors (Lipinski definition) is 1. The normalized spacial score (nSPS) is 18.1. The van der Waals surface area contributed by atoms with E-state index in [0.29, 0.717) is 24.3 Å². The minimum absolute atomic E-state index is 0.211. The Bertz CT molecular complexity index is 679. The van der Waals surface area contributed by atoms with E-state index in [2.05, 4.69) is 11.9 Å². The third-order valence-corrected chi connectivity index (χ3v) is 4.38. The molecule has 1 aliphatic rings. The Morgan fingerprint density at radius 1 is 1.38 bits per heavy atom. The van der Waals surface area contributed by atoms with Gasteiger partial charge in [-0.25, -0.2) is 0 Å². The number of carbonyl (C=O) groups excluding carboxylic acids is 1. The summed E-state index contributed by atoms with van der Waals surface area (Å²) in [4.78, 5) is 15.7. The van der Waals surface area contributed by atoms with Gasteiger partial charge in [0, 0.05) is 13.3 Å². The molecule has 0 bridgehead atoms. The molecule has 1 aromatic carbocycles. The van der Waals surface area contributed by atoms with Gasteiger partial charge in [-0.1, -0.05) is 19.8 Å². The Kier molecular flexibility index (Phi) is 6.68. The number of esters is 1. The van der Waals surface area contributed by atoms with E-state index < -0.39 is 5.60 Å². The molecular weight excluding hydrogens is 330 g/mol. The monoisotopic (exact) mass is 361 g/mol. The highest BCUT2D eigenvalue weighted by molar-refractivity contribution is 6.06. The predicted octanol–water partition coefficient (Wildman–Crippen LogP) is 4.43. The van der Waals surface area contributed by atoms with Gasteiger partial charge in [-0.15, -0.1) is 0 Å². The first kappa shape index (κ1) is 20.3. The molecule has 0 radical (unpaired) electrons. The molecule has 144 valence electrons. The van der Waals surface area contributed by atoms with Gasteiger partial charge >= 0.3 is 5.97 Å². The standard InChI is InChI=1S/C21H31NO4/c1-6-7-8-9-16-10-18(24)20-17(22-13-14(2)25-15(3)23)12-21(4,5)26-19(20)11-16/h10-11,14,24H,6-9,12-13H2,1-5H3/t14-/m0/s1. The van der Waals surface area contributed by atoms with Crippen LogP contribution in [0.25, 0.3) is 0 Å². The molecule has 1 aromatic rings. The molecule has 1 aliphatic heterocycles. The Hall–Kier alpha value is -2.04. The van der Waals surface area contributed by atoms with Gasteiger partial charge in [-0.3, -0.25) is 9.79 Å². The number of aromatic hydroxyl groups is 1. The van der Waals surface area contributed by atoms with Gasteiger partial charge in [-0.2, -0.15) is 0 Å². The number of ether oxygens (including phenoxy) is 2. The van der Waals surface area contributed by atoms with Gasteiger partial charge in [0.25, 0.3) is 0 Å². The topological polar surface area (TPSA) is 68.1 Å². The van der Waals surface area contributed by atoms with E-state index in [0.717, 1.165) is 30.5 Å². The van der Waals surface area contributed by atoms with Crippen molar-refractivity contribution in [3.8, 4) is 11.5 Å². The highest BCUT2D eigenvalue weighted by Crippen LogP contribution is 2.39. The summed E-state index contributed by atoms with van der Waals surface area (Å²) in [6.07, 6.45) is 4.65. The summed E-state index contributed by atoms with van der Waals surface area (Å²) in [5.74, 6) is 0.583. The molecule has 0 amide bonds. The van der Waals surface area contributed by atoms with Crippen LogP contribution in [0.2, 0.25) is 0 Å². The largest absolute Gasteiger partial charge is 0.507 e. The summed E-state index contributed by atoms with van der Waals surface area (Å²) in [5, 5.41) is 10.6. The fraction of sp³-hybridized carbons (Fsp3) is 0.619. The number of unbranched alkanes of at least 4 members (excludes halogenated alkanes) is 2. The van der Waals surface area contributed by atoms with Gasteiger partial charge in [0.1, 0.15) is 23.2 Å². The molecule has 0 unspecified atom stereocenters. The first-order valence-corrected chi connectivity index (χ1v) is 9.47. The summed E-state index contributed by atoms with van der Waals surface area (Å²) >= 11 is 0. The molecule has 5 heteroatoms. The van der Waals surface area contributed by atoms with E-state index in [-0.39, 0.29) is 17.8 Å². The van der Waals surface area contributed by atoms with Crippen LogP contribution in [0.3, 0.4) is 0 Å². The molecule has 1 atom stereocenters. The highest BCUT2D eigenvalue weighted by Gasteiger charge is 2.33. The number of fused-ring (bicyclic) bond motifs is 1. The van der Waals surface area contributed by atoms with Crippen molar-refractivity contribution in [2.24, 2.45) is 4.99 Å². The van der Waals surface area contributed by atoms with Crippen molar-refractivity contribution in [3.63, 3.8) is 0 Å². The number of nitrogens with zero attached hydrogens (tertiary/aromatic N) is 1. The maximum atomic E-state index is 11.1. The van der Waals surface area contributed by atoms with Crippen molar-refractivity contribution in [2.45, 2.75) is 78.4 Å². The number of benzene rings is 1. The Morgan fingerprint density at radius 3 is 2.77 bits per heavy atom. The van der Waals surface area contributed by atoms with Gasteiger partial charge in [0.15, 0.2) is 0 Å². The van der Waals surface area contributed by atoms with Crippen LogP contribution in [0.5, 0.6) is 11.5 Å². The van der Waals surface area contributed by atoms with Crippen molar-refractivity contribution >= 4 is 11.7 Å². The number of hydrogen-bond acceptors (Lipinski definition) is 5. The van der Waals surface area contributed by atoms with E-state index in [1.807, 2.05) is 32.9 Å². The minimum atomic E-state index is -0.398. The average molecular weight is 361 g/mol. The van der Waals surface area contributed by atoms with E-state index in [4.69, 9.17) is 9.47 Å². The van der Waals surface area contributed by atoms with Crippen LogP contribution in [-0.2, 0) is 16.0 Å². The smallest absolute Gasteiger partial charge is 0.302 e. The molecule has 0 saturated carbocycles. The second-order valence-corrected chi connectivity index (χ2v) is 7.69. The summed E-state index contributed by atoms with van der Waals surface area (Å²) in [6.45, 7) is 9.77. The zero-order chi connectivity index (χ0) is 19.3. The molecule has 0 aliphatic carbocycles. The molecule has 26 heavy (non-hydrogen) atoms. The maximum absolute atomic E-state index is 11.1. The van der Waals surface area contributed by atoms with E-state index in [9.17, 15) is 9.90 Å². The third-order valence-electron chi connectivity index (χ3n) is 4.38. The fourth-order valence-electron chi connectivity index (χ4n) is 3.27. The lowest BCUT2D eigenvalue weighted by Crippen LogP contribution is -2.36. The van der Waals surface area contributed by atoms with Gasteiger partial charge in [0.05, 0.1) is 17.8 Å². The summed E-state index contributed by atoms with van der Waals surface area (Å²) in [5.41, 5.74) is 2.15. The van der Waals surface area contributed by atoms with Gasteiger partial charge < -0.3 is 14.6 Å². The minimum Gasteiger partial charge on any atom is -0.507 e. The summed E-state index contributed by atoms with van der Waals surface area (Å²) in [6, 6.07) is 3.85. The van der Waals surface area contributed by atoms with E-state index >= 15 is 0 Å². The zero-order valence-corrected chi connectivity index (χ0v) is 16.6. The van der Waals surface area contributed by atoms with Gasteiger partial charge in [0.2, 0.25) is 0 Å². The SMILES string of the molecule is CCCCCc1cc(O)c2c(c1)OC(C)(C)CC2=NC[C@H](C)OC(C)=O. The van der Waals surface area contributed by atoms with Crippen LogP contribution in [-0.4, -0.2) is 35.0 Å². The van der Waals surface area contributed by atoms with Crippen molar-refractivity contribution in [1.29, 1.82) is 0 Å². The predicted molar refractivity (Wildman–Crippen MR) is 103 cm³/mol. The van der Waals surface area contributed by atoms with Crippen LogP contribution in [0, 0.1) is 0 Å². The first-order chi connectivity index (χ1) is 12.2. The summed E-state index contributed by atoms with van der Waals surface area (Å²) < 4.78 is 11.3. The first-order valence-electron chi connectivity index (χ1n) is 9.47. The second-order valence-electron chi connectivity index (χ2n) is 7.69. The molecule has 1 N–H and O–H groups in total. The highest BCUT2D eigenvalue weighted by atomic mass is 16.5. The number of rotatable bonds is 7. The van der Waals surface area contributed by atoms with Crippen molar-refractivity contribution in [1.82, 2.24) is 0 Å². The van der Waals surface area contributed by atoms with Crippen LogP contribution in [0.4, 0.5) is 0 Å². The zero-order valence-electron chi connectivity index (χ0n) is 16.6. The lowest BCUT2D eigenvalue weighted by atomic mass is 9.90. The third kappa shape index (κ3) is 5.48. The lowest BCUT2D eigenvalue weighted by Gasteiger charge is -2.34. The molecule has 5 nitrogen and oxygen atoms in total. The molecule has 0 aromatic heterocycles. The van der Waals surface area contributed by atoms with Crippen molar-refractivity contribution in [3.05, 3.63) is 23.3 Å². The number of aryl methyl sites for hydroxylation is 1. The number of phenols is 1. The van der Waals surface area contributed by atoms with E-state index in [1.54, 1.807) is 0 Å². The number of phenolic OH excluding ortho intramolecular Hbond substituents is 1. The molecule has 1 heterocycles. The van der Waals surface area contributed by atoms with Gasteiger partial charge in [-0.05, 0) is 51.3 Å². The Balaban J connectivity index is 2.29. The number of carbonyl (C=O) groups is 1. The molecule has 0 spiro atoms. The molecule has 2 rings (SSSR count). The fourth-order valence-corrected chi connectivity index (χ4v) is 3.27. The molecule has 0 saturated heterocycles. The van der Waals surface area contributed by atoms with Crippen molar-refractivity contribution < 1.29 is 19.4 Å². The average Bonchev–Trinajstić information content (AvgIpc) is 2.50. The van der Waals surface area contributed by atoms with Crippen molar-refractivity contribution in [2.75, 3.05) is 6.54 Å². The lowest BCUT2D eigenvalue weighted by molar-refractivity contribution is -0.144. The molecular formula is C21H31NO4. The maximum Gasteiger partial charge on any atom is 0.302 e. The summed E-state index contributed by atoms with van der Waals surface area (Å²) in [7, 11) is 0.